The lowest BCUT2D eigenvalue weighted by Crippen LogP contribution is -2.37. The number of benzene rings is 1. The molecule has 1 fully saturated rings. The number of amides is 1. The van der Waals surface area contributed by atoms with E-state index in [4.69, 9.17) is 11.0 Å². The van der Waals surface area contributed by atoms with Gasteiger partial charge in [-0.2, -0.15) is 5.26 Å². The van der Waals surface area contributed by atoms with E-state index in [1.807, 2.05) is 18.2 Å². The minimum atomic E-state index is -0.0414. The minimum absolute atomic E-state index is 0.0330. The molecule has 0 bridgehead atoms. The van der Waals surface area contributed by atoms with Gasteiger partial charge in [0.15, 0.2) is 0 Å². The zero-order chi connectivity index (χ0) is 12.3. The van der Waals surface area contributed by atoms with Crippen LogP contribution in [0.15, 0.2) is 24.3 Å². The van der Waals surface area contributed by atoms with Crippen molar-refractivity contribution in [3.8, 4) is 6.07 Å². The van der Waals surface area contributed by atoms with Crippen LogP contribution in [0.2, 0.25) is 0 Å². The van der Waals surface area contributed by atoms with Gasteiger partial charge in [-0.05, 0) is 24.5 Å². The Morgan fingerprint density at radius 3 is 2.76 bits per heavy atom. The molecule has 0 unspecified atom stereocenters. The van der Waals surface area contributed by atoms with Crippen molar-refractivity contribution in [2.24, 2.45) is 5.73 Å². The SMILES string of the molecule is N#Cc1ccccc1CN(C(=O)CN)C1CC1. The van der Waals surface area contributed by atoms with Crippen LogP contribution < -0.4 is 5.73 Å². The maximum atomic E-state index is 11.7. The van der Waals surface area contributed by atoms with Crippen molar-refractivity contribution >= 4 is 5.91 Å². The van der Waals surface area contributed by atoms with Gasteiger partial charge in [-0.15, -0.1) is 0 Å². The summed E-state index contributed by atoms with van der Waals surface area (Å²) in [6.07, 6.45) is 2.08. The van der Waals surface area contributed by atoms with Gasteiger partial charge in [-0.25, -0.2) is 0 Å². The van der Waals surface area contributed by atoms with Crippen molar-refractivity contribution in [1.29, 1.82) is 5.26 Å². The number of nitrogens with zero attached hydrogens (tertiary/aromatic N) is 2. The third kappa shape index (κ3) is 2.63. The topological polar surface area (TPSA) is 70.1 Å². The van der Waals surface area contributed by atoms with Gasteiger partial charge in [-0.3, -0.25) is 4.79 Å². The van der Waals surface area contributed by atoms with Crippen LogP contribution in [-0.4, -0.2) is 23.4 Å². The molecule has 2 rings (SSSR count). The fourth-order valence-corrected chi connectivity index (χ4v) is 1.88. The molecule has 4 heteroatoms. The number of hydrogen-bond acceptors (Lipinski definition) is 3. The van der Waals surface area contributed by atoms with Gasteiger partial charge >= 0.3 is 0 Å². The van der Waals surface area contributed by atoms with Gasteiger partial charge in [0.05, 0.1) is 18.2 Å². The summed E-state index contributed by atoms with van der Waals surface area (Å²) in [6.45, 7) is 0.523. The molecule has 88 valence electrons. The van der Waals surface area contributed by atoms with E-state index < -0.39 is 0 Å². The molecule has 2 N–H and O–H groups in total. The summed E-state index contributed by atoms with van der Waals surface area (Å²) in [5, 5.41) is 9.00. The molecule has 0 atom stereocenters. The Morgan fingerprint density at radius 1 is 1.47 bits per heavy atom. The van der Waals surface area contributed by atoms with Crippen molar-refractivity contribution in [3.05, 3.63) is 35.4 Å². The first kappa shape index (κ1) is 11.6. The predicted octanol–water partition coefficient (Wildman–Crippen LogP) is 1.01. The molecule has 1 aromatic rings. The van der Waals surface area contributed by atoms with Crippen molar-refractivity contribution in [3.63, 3.8) is 0 Å². The Kier molecular flexibility index (Phi) is 3.40. The summed E-state index contributed by atoms with van der Waals surface area (Å²) in [7, 11) is 0. The van der Waals surface area contributed by atoms with Crippen LogP contribution in [0.3, 0.4) is 0 Å². The molecular weight excluding hydrogens is 214 g/mol. The average Bonchev–Trinajstić information content (AvgIpc) is 3.19. The highest BCUT2D eigenvalue weighted by molar-refractivity contribution is 5.78. The van der Waals surface area contributed by atoms with Crippen LogP contribution in [-0.2, 0) is 11.3 Å². The van der Waals surface area contributed by atoms with Crippen LogP contribution in [0, 0.1) is 11.3 Å². The van der Waals surface area contributed by atoms with E-state index in [0.29, 0.717) is 18.2 Å². The van der Waals surface area contributed by atoms with Crippen molar-refractivity contribution in [2.45, 2.75) is 25.4 Å². The molecule has 0 spiro atoms. The predicted molar refractivity (Wildman–Crippen MR) is 63.8 cm³/mol. The van der Waals surface area contributed by atoms with Gasteiger partial charge in [-0.1, -0.05) is 18.2 Å². The van der Waals surface area contributed by atoms with E-state index in [1.165, 1.54) is 0 Å². The Labute approximate surface area is 101 Å². The molecule has 0 saturated heterocycles. The molecule has 1 saturated carbocycles. The summed E-state index contributed by atoms with van der Waals surface area (Å²) in [6, 6.07) is 9.83. The number of hydrogen-bond donors (Lipinski definition) is 1. The van der Waals surface area contributed by atoms with Gasteiger partial charge in [0, 0.05) is 12.6 Å². The van der Waals surface area contributed by atoms with Gasteiger partial charge in [0.2, 0.25) is 5.91 Å². The van der Waals surface area contributed by atoms with Gasteiger partial charge in [0.25, 0.3) is 0 Å². The van der Waals surface area contributed by atoms with Crippen molar-refractivity contribution in [2.75, 3.05) is 6.54 Å². The smallest absolute Gasteiger partial charge is 0.236 e. The quantitative estimate of drug-likeness (QED) is 0.837. The second-order valence-corrected chi connectivity index (χ2v) is 4.23. The Balaban J connectivity index is 2.17. The van der Waals surface area contributed by atoms with Crippen LogP contribution >= 0.6 is 0 Å². The van der Waals surface area contributed by atoms with E-state index in [9.17, 15) is 4.79 Å². The monoisotopic (exact) mass is 229 g/mol. The lowest BCUT2D eigenvalue weighted by atomic mass is 10.1. The zero-order valence-corrected chi connectivity index (χ0v) is 9.60. The summed E-state index contributed by atoms with van der Waals surface area (Å²) in [4.78, 5) is 13.5. The summed E-state index contributed by atoms with van der Waals surface area (Å²) in [5.41, 5.74) is 6.93. The summed E-state index contributed by atoms with van der Waals surface area (Å²) in [5.74, 6) is -0.0414. The first-order valence-electron chi connectivity index (χ1n) is 5.73. The molecule has 0 radical (unpaired) electrons. The Hall–Kier alpha value is -1.86. The largest absolute Gasteiger partial charge is 0.334 e. The second-order valence-electron chi connectivity index (χ2n) is 4.23. The number of nitriles is 1. The summed E-state index contributed by atoms with van der Waals surface area (Å²) >= 11 is 0. The van der Waals surface area contributed by atoms with E-state index in [-0.39, 0.29) is 12.5 Å². The molecule has 1 aliphatic carbocycles. The van der Waals surface area contributed by atoms with Crippen LogP contribution in [0.1, 0.15) is 24.0 Å². The van der Waals surface area contributed by atoms with Crippen LogP contribution in [0.5, 0.6) is 0 Å². The molecule has 4 nitrogen and oxygen atoms in total. The highest BCUT2D eigenvalue weighted by Gasteiger charge is 2.32. The maximum Gasteiger partial charge on any atom is 0.236 e. The van der Waals surface area contributed by atoms with E-state index in [0.717, 1.165) is 18.4 Å². The molecule has 17 heavy (non-hydrogen) atoms. The molecule has 0 aliphatic heterocycles. The average molecular weight is 229 g/mol. The third-order valence-corrected chi connectivity index (χ3v) is 2.96. The highest BCUT2D eigenvalue weighted by atomic mass is 16.2. The van der Waals surface area contributed by atoms with E-state index >= 15 is 0 Å². The van der Waals surface area contributed by atoms with E-state index in [2.05, 4.69) is 6.07 Å². The Morgan fingerprint density at radius 2 is 2.18 bits per heavy atom. The number of rotatable bonds is 4. The maximum absolute atomic E-state index is 11.7. The first-order valence-corrected chi connectivity index (χ1v) is 5.73. The van der Waals surface area contributed by atoms with Gasteiger partial charge < -0.3 is 10.6 Å². The molecule has 1 amide bonds. The molecule has 0 heterocycles. The third-order valence-electron chi connectivity index (χ3n) is 2.96. The molecular formula is C13H15N3O. The number of carbonyl (C=O) groups is 1. The minimum Gasteiger partial charge on any atom is -0.334 e. The van der Waals surface area contributed by atoms with Crippen LogP contribution in [0.4, 0.5) is 0 Å². The van der Waals surface area contributed by atoms with Crippen molar-refractivity contribution < 1.29 is 4.79 Å². The van der Waals surface area contributed by atoms with Crippen molar-refractivity contribution in [1.82, 2.24) is 4.90 Å². The normalized spacial score (nSPS) is 14.1. The second kappa shape index (κ2) is 4.98. The molecule has 0 aromatic heterocycles. The lowest BCUT2D eigenvalue weighted by molar-refractivity contribution is -0.130. The fraction of sp³-hybridized carbons (Fsp3) is 0.385. The number of carbonyl (C=O) groups excluding carboxylic acids is 1. The lowest BCUT2D eigenvalue weighted by Gasteiger charge is -2.22. The molecule has 1 aliphatic rings. The van der Waals surface area contributed by atoms with E-state index in [1.54, 1.807) is 11.0 Å². The first-order chi connectivity index (χ1) is 8.26. The number of nitrogens with two attached hydrogens (primary N) is 1. The van der Waals surface area contributed by atoms with Crippen LogP contribution in [0.25, 0.3) is 0 Å². The summed E-state index contributed by atoms with van der Waals surface area (Å²) < 4.78 is 0. The zero-order valence-electron chi connectivity index (χ0n) is 9.60. The highest BCUT2D eigenvalue weighted by Crippen LogP contribution is 2.28. The Bertz CT molecular complexity index is 460. The van der Waals surface area contributed by atoms with Gasteiger partial charge in [0.1, 0.15) is 0 Å². The molecule has 1 aromatic carbocycles. The fourth-order valence-electron chi connectivity index (χ4n) is 1.88. The standard InChI is InChI=1S/C13H15N3O/c14-7-10-3-1-2-4-11(10)9-16(12-5-6-12)13(17)8-15/h1-4,12H,5-6,8-9,15H2.